The lowest BCUT2D eigenvalue weighted by molar-refractivity contribution is 0.251. The van der Waals surface area contributed by atoms with Crippen LogP contribution in [0.25, 0.3) is 0 Å². The molecule has 1 saturated heterocycles. The Kier molecular flexibility index (Phi) is 7.55. The van der Waals surface area contributed by atoms with Gasteiger partial charge in [-0.3, -0.25) is 5.32 Å². The molecule has 0 spiro atoms. The molecule has 2 amide bonds. The summed E-state index contributed by atoms with van der Waals surface area (Å²) in [6.45, 7) is 2.47. The van der Waals surface area contributed by atoms with Crippen LogP contribution in [0.5, 0.6) is 0 Å². The van der Waals surface area contributed by atoms with Gasteiger partial charge in [-0.25, -0.2) is 18.6 Å². The number of amides is 2. The second-order valence-corrected chi connectivity index (χ2v) is 11.1. The van der Waals surface area contributed by atoms with E-state index < -0.39 is 17.7 Å². The van der Waals surface area contributed by atoms with Crippen LogP contribution in [0.2, 0.25) is 0 Å². The zero-order valence-corrected chi connectivity index (χ0v) is 22.2. The van der Waals surface area contributed by atoms with Crippen LogP contribution in [-0.4, -0.2) is 37.2 Å². The lowest BCUT2D eigenvalue weighted by atomic mass is 9.76. The van der Waals surface area contributed by atoms with Crippen LogP contribution < -0.4 is 20.9 Å². The van der Waals surface area contributed by atoms with Crippen LogP contribution in [-0.2, 0) is 12.0 Å². The van der Waals surface area contributed by atoms with Gasteiger partial charge in [0.15, 0.2) is 5.13 Å². The predicted octanol–water partition coefficient (Wildman–Crippen LogP) is 5.78. The zero-order valence-electron chi connectivity index (χ0n) is 19.8. The standard InChI is InChI=1S/C26H28BrF2N5OS/c27-19-5-3-18(4-6-19)26(7-1-2-8-26)22-16-36-25(32-22)33-24(35)31-15-17-13-20(28)23(21(29)14-17)34-11-9-30-10-12-34/h3-6,13-14,16,30H,1-2,7-12,15H2,(H2,31,32,33,35). The van der Waals surface area contributed by atoms with E-state index in [0.29, 0.717) is 36.9 Å². The summed E-state index contributed by atoms with van der Waals surface area (Å²) in [7, 11) is 0. The third-order valence-electron chi connectivity index (χ3n) is 7.03. The Morgan fingerprint density at radius 1 is 1.11 bits per heavy atom. The van der Waals surface area contributed by atoms with Crippen molar-refractivity contribution >= 4 is 44.1 Å². The Hall–Kier alpha value is -2.56. The van der Waals surface area contributed by atoms with Gasteiger partial charge in [0.2, 0.25) is 0 Å². The van der Waals surface area contributed by atoms with Crippen LogP contribution >= 0.6 is 27.3 Å². The van der Waals surface area contributed by atoms with Crippen molar-refractivity contribution in [1.29, 1.82) is 0 Å². The smallest absolute Gasteiger partial charge is 0.321 e. The number of carbonyl (C=O) groups is 1. The van der Waals surface area contributed by atoms with Gasteiger partial charge >= 0.3 is 6.03 Å². The van der Waals surface area contributed by atoms with Gasteiger partial charge in [-0.1, -0.05) is 40.9 Å². The number of benzene rings is 2. The second-order valence-electron chi connectivity index (χ2n) is 9.29. The van der Waals surface area contributed by atoms with Crippen LogP contribution in [0, 0.1) is 11.6 Å². The minimum atomic E-state index is -0.617. The number of piperazine rings is 1. The molecule has 2 heterocycles. The largest absolute Gasteiger partial charge is 0.364 e. The highest BCUT2D eigenvalue weighted by Crippen LogP contribution is 2.47. The Bertz CT molecular complexity index is 1200. The van der Waals surface area contributed by atoms with Crippen molar-refractivity contribution in [3.63, 3.8) is 0 Å². The molecule has 10 heteroatoms. The molecule has 3 aromatic rings. The van der Waals surface area contributed by atoms with Crippen molar-refractivity contribution in [3.05, 3.63) is 74.7 Å². The Balaban J connectivity index is 1.23. The molecule has 6 nitrogen and oxygen atoms in total. The lowest BCUT2D eigenvalue weighted by Gasteiger charge is -2.30. The van der Waals surface area contributed by atoms with E-state index in [-0.39, 0.29) is 17.6 Å². The van der Waals surface area contributed by atoms with Crippen LogP contribution in [0.15, 0.2) is 46.3 Å². The van der Waals surface area contributed by atoms with Crippen LogP contribution in [0.4, 0.5) is 24.4 Å². The van der Waals surface area contributed by atoms with Crippen LogP contribution in [0.1, 0.15) is 42.5 Å². The fourth-order valence-electron chi connectivity index (χ4n) is 5.23. The van der Waals surface area contributed by atoms with Gasteiger partial charge in [-0.15, -0.1) is 11.3 Å². The molecule has 1 aromatic heterocycles. The lowest BCUT2D eigenvalue weighted by Crippen LogP contribution is -2.44. The Labute approximate surface area is 221 Å². The van der Waals surface area contributed by atoms with Crippen molar-refractivity contribution in [2.45, 2.75) is 37.6 Å². The Morgan fingerprint density at radius 3 is 2.44 bits per heavy atom. The number of rotatable bonds is 6. The molecule has 2 fully saturated rings. The van der Waals surface area contributed by atoms with E-state index in [0.717, 1.165) is 35.8 Å². The molecule has 0 unspecified atom stereocenters. The van der Waals surface area contributed by atoms with Gasteiger partial charge in [0.1, 0.15) is 17.3 Å². The summed E-state index contributed by atoms with van der Waals surface area (Å²) in [4.78, 5) is 19.0. The molecule has 3 N–H and O–H groups in total. The molecule has 0 bridgehead atoms. The maximum Gasteiger partial charge on any atom is 0.321 e. The van der Waals surface area contributed by atoms with E-state index in [4.69, 9.17) is 4.98 Å². The van der Waals surface area contributed by atoms with Gasteiger partial charge in [-0.05, 0) is 48.2 Å². The van der Waals surface area contributed by atoms with E-state index in [2.05, 4.69) is 56.1 Å². The van der Waals surface area contributed by atoms with E-state index in [1.807, 2.05) is 5.38 Å². The number of nitrogens with one attached hydrogen (secondary N) is 3. The molecule has 1 saturated carbocycles. The first-order valence-electron chi connectivity index (χ1n) is 12.2. The topological polar surface area (TPSA) is 69.3 Å². The van der Waals surface area contributed by atoms with Gasteiger partial charge in [0.05, 0.1) is 5.69 Å². The van der Waals surface area contributed by atoms with Gasteiger partial charge < -0.3 is 15.5 Å². The first kappa shape index (κ1) is 25.1. The average molecular weight is 577 g/mol. The molecular weight excluding hydrogens is 548 g/mol. The van der Waals surface area contributed by atoms with Crippen molar-refractivity contribution < 1.29 is 13.6 Å². The monoisotopic (exact) mass is 575 g/mol. The molecular formula is C26H28BrF2N5OS. The van der Waals surface area contributed by atoms with Crippen molar-refractivity contribution in [3.8, 4) is 0 Å². The minimum Gasteiger partial charge on any atom is -0.364 e. The molecule has 190 valence electrons. The van der Waals surface area contributed by atoms with E-state index in [1.54, 1.807) is 4.90 Å². The molecule has 36 heavy (non-hydrogen) atoms. The molecule has 0 radical (unpaired) electrons. The molecule has 2 aliphatic rings. The maximum atomic E-state index is 14.7. The predicted molar refractivity (Wildman–Crippen MR) is 143 cm³/mol. The SMILES string of the molecule is O=C(NCc1cc(F)c(N2CCNCC2)c(F)c1)Nc1nc(C2(c3ccc(Br)cc3)CCCC2)cs1. The van der Waals surface area contributed by atoms with Crippen molar-refractivity contribution in [2.24, 2.45) is 0 Å². The summed E-state index contributed by atoms with van der Waals surface area (Å²) in [6, 6.07) is 10.5. The highest BCUT2D eigenvalue weighted by atomic mass is 79.9. The van der Waals surface area contributed by atoms with Crippen molar-refractivity contribution in [2.75, 3.05) is 36.4 Å². The number of halogens is 3. The molecule has 1 aliphatic heterocycles. The molecule has 5 rings (SSSR count). The quantitative estimate of drug-likeness (QED) is 0.349. The van der Waals surface area contributed by atoms with E-state index >= 15 is 0 Å². The summed E-state index contributed by atoms with van der Waals surface area (Å²) >= 11 is 4.89. The number of carbonyl (C=O) groups excluding carboxylic acids is 1. The Morgan fingerprint density at radius 2 is 1.78 bits per heavy atom. The normalized spacial score (nSPS) is 17.2. The number of aromatic nitrogens is 1. The number of hydrogen-bond acceptors (Lipinski definition) is 5. The number of hydrogen-bond donors (Lipinski definition) is 3. The van der Waals surface area contributed by atoms with Crippen molar-refractivity contribution in [1.82, 2.24) is 15.6 Å². The third kappa shape index (κ3) is 5.26. The maximum absolute atomic E-state index is 14.7. The second kappa shape index (κ2) is 10.8. The zero-order chi connectivity index (χ0) is 25.1. The van der Waals surface area contributed by atoms with E-state index in [9.17, 15) is 13.6 Å². The summed E-state index contributed by atoms with van der Waals surface area (Å²) in [5.74, 6) is -1.23. The number of anilines is 2. The average Bonchev–Trinajstić information content (AvgIpc) is 3.54. The van der Waals surface area contributed by atoms with Gasteiger partial charge in [0, 0.05) is 48.0 Å². The number of thiazole rings is 1. The first-order valence-corrected chi connectivity index (χ1v) is 13.8. The summed E-state index contributed by atoms with van der Waals surface area (Å²) in [5, 5.41) is 11.1. The van der Waals surface area contributed by atoms with Crippen LogP contribution in [0.3, 0.4) is 0 Å². The fourth-order valence-corrected chi connectivity index (χ4v) is 6.29. The van der Waals surface area contributed by atoms with E-state index in [1.165, 1.54) is 29.0 Å². The molecule has 2 aromatic carbocycles. The fraction of sp³-hybridized carbons (Fsp3) is 0.385. The summed E-state index contributed by atoms with van der Waals surface area (Å²) < 4.78 is 30.4. The highest BCUT2D eigenvalue weighted by Gasteiger charge is 2.39. The summed E-state index contributed by atoms with van der Waals surface area (Å²) in [5.41, 5.74) is 2.41. The molecule has 1 aliphatic carbocycles. The first-order chi connectivity index (χ1) is 17.4. The minimum absolute atomic E-state index is 0.00255. The molecule has 0 atom stereocenters. The number of nitrogens with zero attached hydrogens (tertiary/aromatic N) is 2. The third-order valence-corrected chi connectivity index (χ3v) is 8.32. The van der Waals surface area contributed by atoms with Gasteiger partial charge in [-0.2, -0.15) is 0 Å². The summed E-state index contributed by atoms with van der Waals surface area (Å²) in [6.07, 6.45) is 4.31. The number of urea groups is 1. The highest BCUT2D eigenvalue weighted by molar-refractivity contribution is 9.10. The van der Waals surface area contributed by atoms with Gasteiger partial charge in [0.25, 0.3) is 0 Å².